The van der Waals surface area contributed by atoms with Crippen LogP contribution in [0.3, 0.4) is 0 Å². The van der Waals surface area contributed by atoms with Crippen LogP contribution in [0.5, 0.6) is 0 Å². The van der Waals surface area contributed by atoms with E-state index in [-0.39, 0.29) is 17.0 Å². The average Bonchev–Trinajstić information content (AvgIpc) is 2.37. The minimum atomic E-state index is -3.73. The van der Waals surface area contributed by atoms with Crippen molar-refractivity contribution in [3.05, 3.63) is 28.8 Å². The van der Waals surface area contributed by atoms with Gasteiger partial charge in [-0.15, -0.1) is 18.2 Å². The Kier molecular flexibility index (Phi) is 6.27. The van der Waals surface area contributed by atoms with Crippen LogP contribution in [-0.2, 0) is 10.0 Å². The average molecular weight is 327 g/mol. The Hall–Kier alpha value is -1.49. The minimum Gasteiger partial charge on any atom is -0.478 e. The fourth-order valence-corrected chi connectivity index (χ4v) is 3.73. The van der Waals surface area contributed by atoms with E-state index < -0.39 is 16.0 Å². The lowest BCUT2D eigenvalue weighted by Crippen LogP contribution is -2.27. The van der Waals surface area contributed by atoms with E-state index in [9.17, 15) is 13.2 Å². The Morgan fingerprint density at radius 3 is 2.62 bits per heavy atom. The number of hydrogen-bond acceptors (Lipinski definition) is 4. The summed E-state index contributed by atoms with van der Waals surface area (Å²) in [4.78, 5) is 11.1. The monoisotopic (exact) mass is 327 g/mol. The van der Waals surface area contributed by atoms with Gasteiger partial charge in [-0.25, -0.2) is 17.9 Å². The number of sulfonamides is 1. The summed E-state index contributed by atoms with van der Waals surface area (Å²) in [5.41, 5.74) is 1.03. The van der Waals surface area contributed by atoms with Gasteiger partial charge in [0.15, 0.2) is 0 Å². The molecule has 5 nitrogen and oxygen atoms in total. The highest BCUT2D eigenvalue weighted by atomic mass is 32.2. The van der Waals surface area contributed by atoms with Gasteiger partial charge in [-0.05, 0) is 31.0 Å². The summed E-state index contributed by atoms with van der Waals surface area (Å²) in [6.45, 7) is 3.52. The van der Waals surface area contributed by atoms with Crippen LogP contribution >= 0.6 is 11.8 Å². The van der Waals surface area contributed by atoms with Gasteiger partial charge in [-0.2, -0.15) is 0 Å². The molecule has 0 amide bonds. The number of carboxylic acid groups (broad SMARTS) is 1. The second kappa shape index (κ2) is 7.50. The van der Waals surface area contributed by atoms with Crippen molar-refractivity contribution in [3.63, 3.8) is 0 Å². The third-order valence-corrected chi connectivity index (χ3v) is 5.23. The molecule has 0 saturated heterocycles. The van der Waals surface area contributed by atoms with Crippen LogP contribution in [0.25, 0.3) is 0 Å². The molecular formula is C14H17NO4S2. The van der Waals surface area contributed by atoms with E-state index in [1.807, 2.05) is 0 Å². The second-order valence-electron chi connectivity index (χ2n) is 4.39. The molecule has 1 aromatic rings. The molecule has 0 bridgehead atoms. The number of rotatable bonds is 7. The van der Waals surface area contributed by atoms with Crippen molar-refractivity contribution < 1.29 is 18.3 Å². The van der Waals surface area contributed by atoms with Crippen molar-refractivity contribution in [3.8, 4) is 12.3 Å². The van der Waals surface area contributed by atoms with Crippen molar-refractivity contribution in [2.24, 2.45) is 0 Å². The molecule has 1 aromatic carbocycles. The summed E-state index contributed by atoms with van der Waals surface area (Å²) in [5.74, 6) is 2.39. The first-order valence-corrected chi connectivity index (χ1v) is 8.79. The van der Waals surface area contributed by atoms with Crippen LogP contribution in [0, 0.1) is 26.2 Å². The molecule has 1 rings (SSSR count). The molecule has 114 valence electrons. The van der Waals surface area contributed by atoms with Crippen LogP contribution < -0.4 is 4.72 Å². The van der Waals surface area contributed by atoms with Gasteiger partial charge in [0.25, 0.3) is 0 Å². The van der Waals surface area contributed by atoms with Crippen molar-refractivity contribution in [1.29, 1.82) is 0 Å². The summed E-state index contributed by atoms with van der Waals surface area (Å²) >= 11 is 1.45. The number of terminal acetylenes is 1. The summed E-state index contributed by atoms with van der Waals surface area (Å²) in [6, 6.07) is 2.76. The number of aromatic carboxylic acids is 1. The van der Waals surface area contributed by atoms with Gasteiger partial charge in [-0.1, -0.05) is 12.0 Å². The summed E-state index contributed by atoms with van der Waals surface area (Å²) in [7, 11) is -3.73. The maximum atomic E-state index is 12.2. The molecule has 7 heteroatoms. The van der Waals surface area contributed by atoms with Crippen molar-refractivity contribution >= 4 is 27.8 Å². The molecule has 0 aliphatic carbocycles. The van der Waals surface area contributed by atoms with Crippen LogP contribution in [0.15, 0.2) is 17.0 Å². The van der Waals surface area contributed by atoms with Gasteiger partial charge in [0.05, 0.1) is 16.2 Å². The Labute approximate surface area is 129 Å². The van der Waals surface area contributed by atoms with Gasteiger partial charge in [-0.3, -0.25) is 0 Å². The Bertz CT molecular complexity index is 675. The van der Waals surface area contributed by atoms with E-state index in [0.717, 1.165) is 0 Å². The Balaban J connectivity index is 2.95. The third kappa shape index (κ3) is 4.77. The minimum absolute atomic E-state index is 0.00699. The molecule has 2 N–H and O–H groups in total. The smallest absolute Gasteiger partial charge is 0.335 e. The topological polar surface area (TPSA) is 83.5 Å². The van der Waals surface area contributed by atoms with E-state index >= 15 is 0 Å². The number of thioether (sulfide) groups is 1. The second-order valence-corrected chi connectivity index (χ2v) is 7.23. The van der Waals surface area contributed by atoms with Crippen molar-refractivity contribution in [2.75, 3.05) is 18.1 Å². The molecule has 0 heterocycles. The van der Waals surface area contributed by atoms with Crippen LogP contribution in [0.4, 0.5) is 0 Å². The lowest BCUT2D eigenvalue weighted by Gasteiger charge is -2.11. The maximum Gasteiger partial charge on any atom is 0.335 e. The Morgan fingerprint density at radius 1 is 1.38 bits per heavy atom. The third-order valence-electron chi connectivity index (χ3n) is 2.77. The molecular weight excluding hydrogens is 310 g/mol. The number of aryl methyl sites for hydroxylation is 2. The summed E-state index contributed by atoms with van der Waals surface area (Å²) < 4.78 is 26.9. The quantitative estimate of drug-likeness (QED) is 0.588. The van der Waals surface area contributed by atoms with E-state index in [0.29, 0.717) is 22.6 Å². The van der Waals surface area contributed by atoms with Crippen LogP contribution in [0.2, 0.25) is 0 Å². The standard InChI is InChI=1S/C14H17NO4S2/c1-4-6-20-7-5-15-21(18,19)13-9-12(14(16)17)10(2)8-11(13)3/h1,8-9,15H,5-7H2,2-3H3,(H,16,17). The Morgan fingerprint density at radius 2 is 2.05 bits per heavy atom. The van der Waals surface area contributed by atoms with E-state index in [2.05, 4.69) is 10.6 Å². The van der Waals surface area contributed by atoms with E-state index in [1.165, 1.54) is 17.8 Å². The van der Waals surface area contributed by atoms with Crippen molar-refractivity contribution in [1.82, 2.24) is 4.72 Å². The predicted molar refractivity (Wildman–Crippen MR) is 84.2 cm³/mol. The SMILES string of the molecule is C#CCSCCNS(=O)(=O)c1cc(C(=O)O)c(C)cc1C. The highest BCUT2D eigenvalue weighted by Crippen LogP contribution is 2.20. The molecule has 0 aromatic heterocycles. The highest BCUT2D eigenvalue weighted by molar-refractivity contribution is 7.99. The zero-order chi connectivity index (χ0) is 16.0. The zero-order valence-electron chi connectivity index (χ0n) is 11.8. The molecule has 0 atom stereocenters. The maximum absolute atomic E-state index is 12.2. The molecule has 21 heavy (non-hydrogen) atoms. The largest absolute Gasteiger partial charge is 0.478 e. The van der Waals surface area contributed by atoms with E-state index in [1.54, 1.807) is 19.9 Å². The predicted octanol–water partition coefficient (Wildman–Crippen LogP) is 1.65. The first-order valence-electron chi connectivity index (χ1n) is 6.15. The van der Waals surface area contributed by atoms with Gasteiger partial charge in [0, 0.05) is 12.3 Å². The molecule has 0 spiro atoms. The fourth-order valence-electron chi connectivity index (χ4n) is 1.81. The molecule has 0 fully saturated rings. The van der Waals surface area contributed by atoms with E-state index in [4.69, 9.17) is 11.5 Å². The van der Waals surface area contributed by atoms with Gasteiger partial charge in [0.2, 0.25) is 10.0 Å². The number of nitrogens with one attached hydrogen (secondary N) is 1. The van der Waals surface area contributed by atoms with Crippen LogP contribution in [0.1, 0.15) is 21.5 Å². The molecule has 0 aliphatic heterocycles. The van der Waals surface area contributed by atoms with Crippen molar-refractivity contribution in [2.45, 2.75) is 18.7 Å². The number of benzene rings is 1. The molecule has 0 saturated carbocycles. The molecule has 0 unspecified atom stereocenters. The lowest BCUT2D eigenvalue weighted by atomic mass is 10.1. The highest BCUT2D eigenvalue weighted by Gasteiger charge is 2.20. The van der Waals surface area contributed by atoms with Crippen LogP contribution in [-0.4, -0.2) is 37.5 Å². The molecule has 0 aliphatic rings. The van der Waals surface area contributed by atoms with Gasteiger partial charge in [0.1, 0.15) is 0 Å². The summed E-state index contributed by atoms with van der Waals surface area (Å²) in [5, 5.41) is 9.08. The normalized spacial score (nSPS) is 11.1. The van der Waals surface area contributed by atoms with Gasteiger partial charge < -0.3 is 5.11 Å². The summed E-state index contributed by atoms with van der Waals surface area (Å²) in [6.07, 6.45) is 5.10. The zero-order valence-corrected chi connectivity index (χ0v) is 13.5. The number of carboxylic acids is 1. The lowest BCUT2D eigenvalue weighted by molar-refractivity contribution is 0.0696. The first-order chi connectivity index (χ1) is 9.79. The molecule has 0 radical (unpaired) electrons. The fraction of sp³-hybridized carbons (Fsp3) is 0.357. The first kappa shape index (κ1) is 17.6. The van der Waals surface area contributed by atoms with Gasteiger partial charge >= 0.3 is 5.97 Å². The number of hydrogen-bond donors (Lipinski definition) is 2. The number of carbonyl (C=O) groups is 1.